The molecule has 0 unspecified atom stereocenters. The second-order valence-corrected chi connectivity index (χ2v) is 5.21. The van der Waals surface area contributed by atoms with Gasteiger partial charge in [0.15, 0.2) is 0 Å². The Morgan fingerprint density at radius 1 is 1.42 bits per heavy atom. The highest BCUT2D eigenvalue weighted by molar-refractivity contribution is 5.83. The van der Waals surface area contributed by atoms with Gasteiger partial charge in [-0.1, -0.05) is 5.92 Å². The molecule has 1 aliphatic carbocycles. The van der Waals surface area contributed by atoms with E-state index in [1.807, 2.05) is 0 Å². The van der Waals surface area contributed by atoms with Gasteiger partial charge in [0.2, 0.25) is 0 Å². The molecule has 19 heavy (non-hydrogen) atoms. The molecule has 2 N–H and O–H groups in total. The van der Waals surface area contributed by atoms with Gasteiger partial charge in [-0.3, -0.25) is 0 Å². The third kappa shape index (κ3) is 3.18. The maximum Gasteiger partial charge on any atom is 0.326 e. The summed E-state index contributed by atoms with van der Waals surface area (Å²) in [6.07, 6.45) is 6.72. The number of hydrogen-bond donors (Lipinski definition) is 2. The summed E-state index contributed by atoms with van der Waals surface area (Å²) in [6, 6.07) is -1.34. The summed E-state index contributed by atoms with van der Waals surface area (Å²) in [5.41, 5.74) is 0. The van der Waals surface area contributed by atoms with Gasteiger partial charge in [0.25, 0.3) is 0 Å². The van der Waals surface area contributed by atoms with E-state index in [0.717, 1.165) is 12.8 Å². The van der Waals surface area contributed by atoms with Crippen molar-refractivity contribution in [1.82, 2.24) is 9.80 Å². The minimum Gasteiger partial charge on any atom is -0.480 e. The van der Waals surface area contributed by atoms with E-state index in [1.165, 1.54) is 9.80 Å². The van der Waals surface area contributed by atoms with E-state index in [2.05, 4.69) is 5.92 Å². The SMILES string of the molecule is C#CCN(CC1CC1)C(=O)N1C[C@H](O)C[C@@H]1C(=O)O. The number of β-amino-alcohol motifs (C(OH)–C–C–N with tert-alkyl or cyclic N) is 1. The Morgan fingerprint density at radius 3 is 2.63 bits per heavy atom. The van der Waals surface area contributed by atoms with Crippen LogP contribution >= 0.6 is 0 Å². The number of amides is 2. The number of carboxylic acid groups (broad SMARTS) is 1. The zero-order valence-corrected chi connectivity index (χ0v) is 10.7. The summed E-state index contributed by atoms with van der Waals surface area (Å²) in [6.45, 7) is 0.803. The van der Waals surface area contributed by atoms with Crippen molar-refractivity contribution in [3.8, 4) is 12.3 Å². The Balaban J connectivity index is 2.06. The number of aliphatic hydroxyl groups is 1. The molecule has 6 nitrogen and oxygen atoms in total. The fraction of sp³-hybridized carbons (Fsp3) is 0.692. The first-order valence-corrected chi connectivity index (χ1v) is 6.42. The van der Waals surface area contributed by atoms with Crippen LogP contribution in [0.3, 0.4) is 0 Å². The maximum absolute atomic E-state index is 12.3. The van der Waals surface area contributed by atoms with Crippen LogP contribution in [-0.2, 0) is 4.79 Å². The van der Waals surface area contributed by atoms with Crippen molar-refractivity contribution in [2.45, 2.75) is 31.4 Å². The van der Waals surface area contributed by atoms with Gasteiger partial charge in [0.05, 0.1) is 12.6 Å². The Bertz CT molecular complexity index is 413. The molecule has 2 fully saturated rings. The van der Waals surface area contributed by atoms with E-state index in [4.69, 9.17) is 11.5 Å². The number of rotatable bonds is 4. The fourth-order valence-corrected chi connectivity index (χ4v) is 2.37. The average molecular weight is 266 g/mol. The van der Waals surface area contributed by atoms with Crippen molar-refractivity contribution in [3.63, 3.8) is 0 Å². The molecule has 1 saturated heterocycles. The number of carboxylic acids is 1. The molecule has 2 amide bonds. The van der Waals surface area contributed by atoms with Crippen LogP contribution in [0.5, 0.6) is 0 Å². The second kappa shape index (κ2) is 5.49. The smallest absolute Gasteiger partial charge is 0.326 e. The topological polar surface area (TPSA) is 81.1 Å². The lowest BCUT2D eigenvalue weighted by Gasteiger charge is -2.29. The predicted octanol–water partition coefficient (Wildman–Crippen LogP) is -0.0286. The summed E-state index contributed by atoms with van der Waals surface area (Å²) >= 11 is 0. The Labute approximate surface area is 112 Å². The van der Waals surface area contributed by atoms with E-state index in [9.17, 15) is 14.7 Å². The van der Waals surface area contributed by atoms with E-state index < -0.39 is 18.1 Å². The van der Waals surface area contributed by atoms with Crippen LogP contribution in [0.25, 0.3) is 0 Å². The number of carbonyl (C=O) groups excluding carboxylic acids is 1. The molecule has 1 heterocycles. The largest absolute Gasteiger partial charge is 0.480 e. The number of aliphatic carboxylic acids is 1. The molecule has 2 rings (SSSR count). The van der Waals surface area contributed by atoms with Crippen molar-refractivity contribution in [2.24, 2.45) is 5.92 Å². The number of nitrogens with zero attached hydrogens (tertiary/aromatic N) is 2. The molecular formula is C13H18N2O4. The number of likely N-dealkylation sites (tertiary alicyclic amines) is 1. The number of aliphatic hydroxyl groups excluding tert-OH is 1. The highest BCUT2D eigenvalue weighted by Gasteiger charge is 2.41. The first kappa shape index (κ1) is 13.7. The number of carbonyl (C=O) groups is 2. The van der Waals surface area contributed by atoms with Crippen molar-refractivity contribution >= 4 is 12.0 Å². The third-order valence-corrected chi connectivity index (χ3v) is 3.54. The molecule has 6 heteroatoms. The van der Waals surface area contributed by atoms with E-state index in [0.29, 0.717) is 12.5 Å². The van der Waals surface area contributed by atoms with Gasteiger partial charge in [-0.05, 0) is 18.8 Å². The molecule has 2 atom stereocenters. The predicted molar refractivity (Wildman–Crippen MR) is 67.3 cm³/mol. The Kier molecular flexibility index (Phi) is 3.96. The molecule has 0 aromatic rings. The molecule has 1 aliphatic heterocycles. The van der Waals surface area contributed by atoms with Crippen LogP contribution in [0.2, 0.25) is 0 Å². The first-order chi connectivity index (χ1) is 9.02. The molecule has 0 bridgehead atoms. The van der Waals surface area contributed by atoms with Gasteiger partial charge in [0.1, 0.15) is 6.04 Å². The minimum atomic E-state index is -1.09. The quantitative estimate of drug-likeness (QED) is 0.700. The molecule has 0 aromatic heterocycles. The van der Waals surface area contributed by atoms with Gasteiger partial charge in [-0.2, -0.15) is 0 Å². The lowest BCUT2D eigenvalue weighted by molar-refractivity contribution is -0.141. The maximum atomic E-state index is 12.3. The van der Waals surface area contributed by atoms with Gasteiger partial charge >= 0.3 is 12.0 Å². The van der Waals surface area contributed by atoms with Gasteiger partial charge in [-0.25, -0.2) is 9.59 Å². The molecule has 0 spiro atoms. The Hall–Kier alpha value is -1.74. The molecule has 0 aromatic carbocycles. The van der Waals surface area contributed by atoms with Crippen molar-refractivity contribution in [1.29, 1.82) is 0 Å². The van der Waals surface area contributed by atoms with Gasteiger partial charge in [-0.15, -0.1) is 6.42 Å². The highest BCUT2D eigenvalue weighted by Crippen LogP contribution is 2.30. The molecule has 104 valence electrons. The van der Waals surface area contributed by atoms with Crippen LogP contribution in [-0.4, -0.2) is 63.8 Å². The fourth-order valence-electron chi connectivity index (χ4n) is 2.37. The number of terminal acetylenes is 1. The van der Waals surface area contributed by atoms with E-state index >= 15 is 0 Å². The zero-order valence-electron chi connectivity index (χ0n) is 10.7. The minimum absolute atomic E-state index is 0.0571. The standard InChI is InChI=1S/C13H18N2O4/c1-2-5-14(7-9-3-4-9)13(19)15-8-10(16)6-11(15)12(17)18/h1,9-11,16H,3-8H2,(H,17,18)/t10-,11-/m1/s1. The van der Waals surface area contributed by atoms with Crippen LogP contribution in [0, 0.1) is 18.3 Å². The van der Waals surface area contributed by atoms with Crippen molar-refractivity contribution in [3.05, 3.63) is 0 Å². The summed E-state index contributed by atoms with van der Waals surface area (Å²) in [5.74, 6) is 1.82. The summed E-state index contributed by atoms with van der Waals surface area (Å²) < 4.78 is 0. The molecular weight excluding hydrogens is 248 g/mol. The number of hydrogen-bond acceptors (Lipinski definition) is 3. The summed E-state index contributed by atoms with van der Waals surface area (Å²) in [7, 11) is 0. The zero-order chi connectivity index (χ0) is 14.0. The van der Waals surface area contributed by atoms with Crippen LogP contribution in [0.15, 0.2) is 0 Å². The van der Waals surface area contributed by atoms with E-state index in [1.54, 1.807) is 0 Å². The summed E-state index contributed by atoms with van der Waals surface area (Å²) in [4.78, 5) is 26.2. The Morgan fingerprint density at radius 2 is 2.11 bits per heavy atom. The molecule has 1 saturated carbocycles. The van der Waals surface area contributed by atoms with Crippen LogP contribution in [0.4, 0.5) is 4.79 Å². The monoisotopic (exact) mass is 266 g/mol. The van der Waals surface area contributed by atoms with E-state index in [-0.39, 0.29) is 25.5 Å². The van der Waals surface area contributed by atoms with Gasteiger partial charge in [0, 0.05) is 19.5 Å². The third-order valence-electron chi connectivity index (χ3n) is 3.54. The normalized spacial score (nSPS) is 26.0. The first-order valence-electron chi connectivity index (χ1n) is 6.42. The van der Waals surface area contributed by atoms with Crippen molar-refractivity contribution < 1.29 is 19.8 Å². The average Bonchev–Trinajstić information content (AvgIpc) is 3.08. The number of urea groups is 1. The lowest BCUT2D eigenvalue weighted by Crippen LogP contribution is -2.48. The van der Waals surface area contributed by atoms with Crippen LogP contribution < -0.4 is 0 Å². The summed E-state index contributed by atoms with van der Waals surface area (Å²) in [5, 5.41) is 18.7. The lowest BCUT2D eigenvalue weighted by atomic mass is 10.2. The molecule has 2 aliphatic rings. The second-order valence-electron chi connectivity index (χ2n) is 5.21. The van der Waals surface area contributed by atoms with Crippen molar-refractivity contribution in [2.75, 3.05) is 19.6 Å². The van der Waals surface area contributed by atoms with Crippen LogP contribution in [0.1, 0.15) is 19.3 Å². The highest BCUT2D eigenvalue weighted by atomic mass is 16.4. The molecule has 0 radical (unpaired) electrons. The van der Waals surface area contributed by atoms with Gasteiger partial charge < -0.3 is 20.0 Å².